The van der Waals surface area contributed by atoms with Crippen LogP contribution in [0.25, 0.3) is 0 Å². The van der Waals surface area contributed by atoms with Gasteiger partial charge in [0.2, 0.25) is 15.0 Å². The Labute approximate surface area is 99.0 Å². The summed E-state index contributed by atoms with van der Waals surface area (Å²) in [4.78, 5) is 19.7. The average molecular weight is 259 g/mol. The largest absolute Gasteiger partial charge is 0.481 e. The molecule has 0 unspecified atom stereocenters. The van der Waals surface area contributed by atoms with E-state index in [0.717, 1.165) is 6.26 Å². The second-order valence-corrected chi connectivity index (χ2v) is 5.65. The lowest BCUT2D eigenvalue weighted by Gasteiger charge is -2.12. The predicted octanol–water partition coefficient (Wildman–Crippen LogP) is -0.427. The quantitative estimate of drug-likeness (QED) is 0.732. The molecule has 0 spiro atoms. The molecule has 0 bridgehead atoms. The summed E-state index contributed by atoms with van der Waals surface area (Å²) in [6.07, 6.45) is 0.637. The van der Waals surface area contributed by atoms with Crippen molar-refractivity contribution in [1.29, 1.82) is 0 Å². The first kappa shape index (κ1) is 13.4. The molecule has 7 nitrogen and oxygen atoms in total. The highest BCUT2D eigenvalue weighted by Gasteiger charge is 2.16. The first-order valence-corrected chi connectivity index (χ1v) is 6.56. The molecule has 0 fully saturated rings. The molecule has 8 heteroatoms. The third-order valence-corrected chi connectivity index (χ3v) is 2.71. The topological polar surface area (TPSA) is 100 Å². The second-order valence-electron chi connectivity index (χ2n) is 3.74. The second kappa shape index (κ2) is 4.66. The number of carboxylic acids is 1. The molecule has 0 saturated heterocycles. The summed E-state index contributed by atoms with van der Waals surface area (Å²) >= 11 is 0. The third kappa shape index (κ3) is 3.66. The Morgan fingerprint density at radius 1 is 1.41 bits per heavy atom. The van der Waals surface area contributed by atoms with E-state index in [0.29, 0.717) is 5.82 Å². The molecule has 0 radical (unpaired) electrons. The van der Waals surface area contributed by atoms with Crippen LogP contribution in [-0.4, -0.2) is 49.8 Å². The van der Waals surface area contributed by atoms with Crippen molar-refractivity contribution in [1.82, 2.24) is 9.97 Å². The summed E-state index contributed by atoms with van der Waals surface area (Å²) in [6, 6.07) is 1.45. The minimum atomic E-state index is -3.56. The van der Waals surface area contributed by atoms with Gasteiger partial charge in [0, 0.05) is 26.4 Å². The Morgan fingerprint density at radius 2 is 2.00 bits per heavy atom. The summed E-state index contributed by atoms with van der Waals surface area (Å²) in [6.45, 7) is 0. The van der Waals surface area contributed by atoms with E-state index in [2.05, 4.69) is 9.97 Å². The Kier molecular flexibility index (Phi) is 3.66. The van der Waals surface area contributed by atoms with Gasteiger partial charge in [-0.25, -0.2) is 18.4 Å². The van der Waals surface area contributed by atoms with Gasteiger partial charge in [-0.15, -0.1) is 0 Å². The number of carboxylic acid groups (broad SMARTS) is 1. The fourth-order valence-corrected chi connectivity index (χ4v) is 1.64. The number of hydrogen-bond acceptors (Lipinski definition) is 6. The number of anilines is 1. The summed E-state index contributed by atoms with van der Waals surface area (Å²) in [5, 5.41) is 8.31. The van der Waals surface area contributed by atoms with E-state index in [4.69, 9.17) is 5.11 Å². The van der Waals surface area contributed by atoms with Gasteiger partial charge in [0.25, 0.3) is 0 Å². The van der Waals surface area contributed by atoms with E-state index in [-0.39, 0.29) is 17.3 Å². The van der Waals surface area contributed by atoms with Crippen LogP contribution < -0.4 is 4.90 Å². The van der Waals surface area contributed by atoms with Gasteiger partial charge >= 0.3 is 5.97 Å². The Balaban J connectivity index is 3.34. The van der Waals surface area contributed by atoms with Crippen molar-refractivity contribution in [3.63, 3.8) is 0 Å². The van der Waals surface area contributed by atoms with Gasteiger partial charge in [0.15, 0.2) is 0 Å². The number of nitrogens with zero attached hydrogens (tertiary/aromatic N) is 3. The number of carbonyl (C=O) groups is 1. The SMILES string of the molecule is CN(C)c1cc(CC(=O)O)nc(S(C)(=O)=O)n1. The zero-order chi connectivity index (χ0) is 13.2. The van der Waals surface area contributed by atoms with Crippen molar-refractivity contribution in [2.45, 2.75) is 11.6 Å². The summed E-state index contributed by atoms with van der Waals surface area (Å²) < 4.78 is 22.7. The Morgan fingerprint density at radius 3 is 2.41 bits per heavy atom. The van der Waals surface area contributed by atoms with E-state index < -0.39 is 15.8 Å². The molecule has 0 aliphatic rings. The minimum absolute atomic E-state index is 0.164. The van der Waals surface area contributed by atoms with Gasteiger partial charge in [0.1, 0.15) is 5.82 Å². The average Bonchev–Trinajstić information content (AvgIpc) is 2.14. The van der Waals surface area contributed by atoms with Gasteiger partial charge in [-0.2, -0.15) is 0 Å². The van der Waals surface area contributed by atoms with Crippen LogP contribution in [0.15, 0.2) is 11.2 Å². The lowest BCUT2D eigenvalue weighted by atomic mass is 10.3. The van der Waals surface area contributed by atoms with E-state index in [1.165, 1.54) is 6.07 Å². The van der Waals surface area contributed by atoms with Crippen molar-refractivity contribution in [3.8, 4) is 0 Å². The number of rotatable bonds is 4. The smallest absolute Gasteiger partial charge is 0.309 e. The van der Waals surface area contributed by atoms with Crippen LogP contribution in [0.2, 0.25) is 0 Å². The fourth-order valence-electron chi connectivity index (χ4n) is 1.10. The normalized spacial score (nSPS) is 11.2. The molecule has 0 aromatic carbocycles. The van der Waals surface area contributed by atoms with Crippen LogP contribution in [0.5, 0.6) is 0 Å². The first-order chi connectivity index (χ1) is 7.70. The Hall–Kier alpha value is -1.70. The van der Waals surface area contributed by atoms with Crippen LogP contribution in [0.1, 0.15) is 5.69 Å². The maximum atomic E-state index is 11.4. The van der Waals surface area contributed by atoms with Gasteiger partial charge in [-0.1, -0.05) is 0 Å². The summed E-state index contributed by atoms with van der Waals surface area (Å²) in [5.41, 5.74) is 0.164. The molecule has 1 rings (SSSR count). The molecule has 94 valence electrons. The zero-order valence-electron chi connectivity index (χ0n) is 9.71. The van der Waals surface area contributed by atoms with Crippen molar-refractivity contribution in [3.05, 3.63) is 11.8 Å². The molecular formula is C9H13N3O4S. The molecular weight excluding hydrogens is 246 g/mol. The minimum Gasteiger partial charge on any atom is -0.481 e. The molecule has 0 aliphatic heterocycles. The number of hydrogen-bond donors (Lipinski definition) is 1. The van der Waals surface area contributed by atoms with Crippen LogP contribution in [0.3, 0.4) is 0 Å². The highest BCUT2D eigenvalue weighted by atomic mass is 32.2. The summed E-state index contributed by atoms with van der Waals surface area (Å²) in [7, 11) is -0.200. The lowest BCUT2D eigenvalue weighted by Crippen LogP contribution is -2.16. The van der Waals surface area contributed by atoms with Crippen molar-refractivity contribution >= 4 is 21.6 Å². The number of sulfone groups is 1. The van der Waals surface area contributed by atoms with Crippen molar-refractivity contribution in [2.24, 2.45) is 0 Å². The first-order valence-electron chi connectivity index (χ1n) is 4.67. The predicted molar refractivity (Wildman–Crippen MR) is 60.8 cm³/mol. The summed E-state index contributed by atoms with van der Waals surface area (Å²) in [5.74, 6) is -0.718. The molecule has 0 amide bonds. The molecule has 0 atom stereocenters. The monoisotopic (exact) mass is 259 g/mol. The van der Waals surface area contributed by atoms with Gasteiger partial charge < -0.3 is 10.0 Å². The van der Waals surface area contributed by atoms with Crippen molar-refractivity contribution in [2.75, 3.05) is 25.3 Å². The van der Waals surface area contributed by atoms with E-state index in [1.54, 1.807) is 19.0 Å². The molecule has 1 heterocycles. The van der Waals surface area contributed by atoms with Crippen LogP contribution >= 0.6 is 0 Å². The molecule has 1 aromatic rings. The number of aliphatic carboxylic acids is 1. The van der Waals surface area contributed by atoms with Crippen LogP contribution in [0, 0.1) is 0 Å². The highest BCUT2D eigenvalue weighted by Crippen LogP contribution is 2.13. The molecule has 0 aliphatic carbocycles. The van der Waals surface area contributed by atoms with E-state index in [9.17, 15) is 13.2 Å². The maximum Gasteiger partial charge on any atom is 0.309 e. The fraction of sp³-hybridized carbons (Fsp3) is 0.444. The highest BCUT2D eigenvalue weighted by molar-refractivity contribution is 7.90. The van der Waals surface area contributed by atoms with E-state index >= 15 is 0 Å². The maximum absolute atomic E-state index is 11.4. The standard InChI is InChI=1S/C9H13N3O4S/c1-12(2)7-4-6(5-8(13)14)10-9(11-7)17(3,15)16/h4H,5H2,1-3H3,(H,13,14). The zero-order valence-corrected chi connectivity index (χ0v) is 10.5. The van der Waals surface area contributed by atoms with E-state index in [1.807, 2.05) is 0 Å². The molecule has 1 aromatic heterocycles. The molecule has 0 saturated carbocycles. The molecule has 1 N–H and O–H groups in total. The van der Waals surface area contributed by atoms with Crippen molar-refractivity contribution < 1.29 is 18.3 Å². The van der Waals surface area contributed by atoms with Gasteiger partial charge in [-0.3, -0.25) is 4.79 Å². The van der Waals surface area contributed by atoms with Gasteiger partial charge in [0.05, 0.1) is 12.1 Å². The Bertz CT molecular complexity index is 539. The third-order valence-electron chi connectivity index (χ3n) is 1.87. The molecule has 17 heavy (non-hydrogen) atoms. The van der Waals surface area contributed by atoms with Gasteiger partial charge in [-0.05, 0) is 0 Å². The number of aromatic nitrogens is 2. The van der Waals surface area contributed by atoms with Crippen LogP contribution in [0.4, 0.5) is 5.82 Å². The van der Waals surface area contributed by atoms with Crippen LogP contribution in [-0.2, 0) is 21.1 Å². The lowest BCUT2D eigenvalue weighted by molar-refractivity contribution is -0.136.